The summed E-state index contributed by atoms with van der Waals surface area (Å²) >= 11 is 0. The van der Waals surface area contributed by atoms with Gasteiger partial charge in [0.15, 0.2) is 12.4 Å². The van der Waals surface area contributed by atoms with Crippen molar-refractivity contribution in [1.82, 2.24) is 0 Å². The lowest BCUT2D eigenvalue weighted by atomic mass is 9.42. The van der Waals surface area contributed by atoms with E-state index in [9.17, 15) is 25.2 Å². The zero-order valence-corrected chi connectivity index (χ0v) is 19.1. The van der Waals surface area contributed by atoms with Crippen LogP contribution in [0.1, 0.15) is 51.7 Å². The van der Waals surface area contributed by atoms with Crippen molar-refractivity contribution >= 4 is 0 Å². The van der Waals surface area contributed by atoms with Gasteiger partial charge in [-0.3, -0.25) is 0 Å². The average molecular weight is 459 g/mol. The summed E-state index contributed by atoms with van der Waals surface area (Å²) in [5, 5.41) is 43.9. The normalized spacial score (nSPS) is 42.0. The lowest BCUT2D eigenvalue weighted by Crippen LogP contribution is -2.70. The van der Waals surface area contributed by atoms with Gasteiger partial charge in [-0.15, -0.1) is 0 Å². The number of hydrogen-bond acceptors (Lipinski definition) is 7. The van der Waals surface area contributed by atoms with Crippen LogP contribution in [0, 0.1) is 22.7 Å². The number of nitrogens with one attached hydrogen (secondary N) is 1. The summed E-state index contributed by atoms with van der Waals surface area (Å²) in [6, 6.07) is 5.16. The van der Waals surface area contributed by atoms with Crippen molar-refractivity contribution in [2.45, 2.75) is 63.9 Å². The Kier molecular flexibility index (Phi) is 5.03. The van der Waals surface area contributed by atoms with Crippen LogP contribution in [0.4, 0.5) is 0 Å². The van der Waals surface area contributed by atoms with E-state index < -0.39 is 46.3 Å². The van der Waals surface area contributed by atoms with Gasteiger partial charge < -0.3 is 29.6 Å². The van der Waals surface area contributed by atoms with E-state index in [1.165, 1.54) is 0 Å². The number of aliphatic hydroxyl groups excluding tert-OH is 4. The van der Waals surface area contributed by atoms with Gasteiger partial charge in [-0.05, 0) is 43.6 Å². The molecule has 5 N–H and O–H groups in total. The SMILES string of the molecule is C[C@]12CC[C@H](O)[C@@](C)(CO)C1C[C@H](O)[C@@]1(C)Oc3cc(-c4ccc[nH+]c4)oc(=O)c3[C@H](O)C21. The molecule has 0 aromatic carbocycles. The Hall–Kier alpha value is -2.26. The Labute approximate surface area is 191 Å². The zero-order valence-electron chi connectivity index (χ0n) is 19.1. The highest BCUT2D eigenvalue weighted by atomic mass is 16.5. The molecule has 2 fully saturated rings. The highest BCUT2D eigenvalue weighted by Gasteiger charge is 2.68. The van der Waals surface area contributed by atoms with Crippen molar-refractivity contribution in [3.63, 3.8) is 0 Å². The minimum absolute atomic E-state index is 0.0482. The second-order valence-corrected chi connectivity index (χ2v) is 10.7. The summed E-state index contributed by atoms with van der Waals surface area (Å²) in [4.78, 5) is 16.0. The maximum Gasteiger partial charge on any atom is 0.345 e. The molecule has 0 spiro atoms. The number of aromatic nitrogens is 1. The fourth-order valence-corrected chi connectivity index (χ4v) is 7.11. The van der Waals surface area contributed by atoms with E-state index in [2.05, 4.69) is 4.98 Å². The highest BCUT2D eigenvalue weighted by Crippen LogP contribution is 2.66. The smallest absolute Gasteiger partial charge is 0.345 e. The molecule has 3 aliphatic rings. The maximum absolute atomic E-state index is 13.1. The summed E-state index contributed by atoms with van der Waals surface area (Å²) in [6.45, 7) is 5.38. The predicted octanol–water partition coefficient (Wildman–Crippen LogP) is 1.46. The quantitative estimate of drug-likeness (QED) is 0.535. The van der Waals surface area contributed by atoms with Crippen molar-refractivity contribution in [3.8, 4) is 17.1 Å². The second-order valence-electron chi connectivity index (χ2n) is 10.7. The molecule has 0 bridgehead atoms. The Morgan fingerprint density at radius 2 is 1.94 bits per heavy atom. The average Bonchev–Trinajstić information content (AvgIpc) is 2.78. The van der Waals surface area contributed by atoms with E-state index in [0.29, 0.717) is 30.6 Å². The van der Waals surface area contributed by atoms with E-state index in [1.807, 2.05) is 13.8 Å². The van der Waals surface area contributed by atoms with Crippen LogP contribution in [-0.4, -0.2) is 44.8 Å². The van der Waals surface area contributed by atoms with Crippen LogP contribution in [0.3, 0.4) is 0 Å². The minimum atomic E-state index is -1.23. The maximum atomic E-state index is 13.1. The summed E-state index contributed by atoms with van der Waals surface area (Å²) < 4.78 is 11.9. The molecule has 8 nitrogen and oxygen atoms in total. The topological polar surface area (TPSA) is 134 Å². The van der Waals surface area contributed by atoms with Crippen molar-refractivity contribution in [3.05, 3.63) is 46.6 Å². The van der Waals surface area contributed by atoms with Crippen molar-refractivity contribution < 1.29 is 34.6 Å². The molecular formula is C25H32NO7+. The van der Waals surface area contributed by atoms with Crippen LogP contribution in [0.5, 0.6) is 5.75 Å². The molecule has 0 saturated heterocycles. The van der Waals surface area contributed by atoms with Gasteiger partial charge in [0, 0.05) is 23.5 Å². The molecule has 1 aliphatic heterocycles. The molecule has 2 saturated carbocycles. The van der Waals surface area contributed by atoms with Gasteiger partial charge in [0.25, 0.3) is 0 Å². The number of pyridine rings is 1. The third-order valence-corrected chi connectivity index (χ3v) is 8.98. The fourth-order valence-electron chi connectivity index (χ4n) is 7.11. The van der Waals surface area contributed by atoms with Crippen LogP contribution in [0.15, 0.2) is 39.8 Å². The van der Waals surface area contributed by atoms with Gasteiger partial charge in [0.05, 0.1) is 30.5 Å². The number of ether oxygens (including phenoxy) is 1. The van der Waals surface area contributed by atoms with Crippen molar-refractivity contribution in [2.75, 3.05) is 6.61 Å². The zero-order chi connectivity index (χ0) is 23.8. The number of rotatable bonds is 2. The largest absolute Gasteiger partial charge is 0.484 e. The summed E-state index contributed by atoms with van der Waals surface area (Å²) in [5.41, 5.74) is -2.58. The first-order valence-electron chi connectivity index (χ1n) is 11.5. The molecule has 2 unspecified atom stereocenters. The Morgan fingerprint density at radius 3 is 2.61 bits per heavy atom. The van der Waals surface area contributed by atoms with Crippen LogP contribution in [-0.2, 0) is 0 Å². The van der Waals surface area contributed by atoms with Crippen LogP contribution in [0.25, 0.3) is 11.3 Å². The number of aliphatic hydroxyl groups is 4. The first kappa shape index (κ1) is 22.5. The Morgan fingerprint density at radius 1 is 1.18 bits per heavy atom. The molecule has 33 heavy (non-hydrogen) atoms. The van der Waals surface area contributed by atoms with Gasteiger partial charge in [0.1, 0.15) is 22.7 Å². The standard InChI is InChI=1S/C25H31NO7/c1-23-7-6-17(28)24(2,12-27)16(23)10-18(29)25(3)21(23)20(30)19-15(33-25)9-14(32-22(19)31)13-5-4-8-26-11-13/h4-5,8-9,11,16-18,20-21,27-30H,6-7,10,12H2,1-3H3/p+1/t16?,17-,18-,20-,21?,23-,24-,25+/m0/s1. The first-order chi connectivity index (χ1) is 15.6. The summed E-state index contributed by atoms with van der Waals surface area (Å²) in [5.74, 6) is -0.410. The molecule has 8 atom stereocenters. The summed E-state index contributed by atoms with van der Waals surface area (Å²) in [7, 11) is 0. The van der Waals surface area contributed by atoms with Gasteiger partial charge in [-0.25, -0.2) is 9.78 Å². The molecule has 178 valence electrons. The molecule has 5 rings (SSSR count). The molecule has 2 aromatic heterocycles. The first-order valence-corrected chi connectivity index (χ1v) is 11.5. The molecule has 2 aliphatic carbocycles. The van der Waals surface area contributed by atoms with Crippen LogP contribution >= 0.6 is 0 Å². The van der Waals surface area contributed by atoms with Crippen LogP contribution in [0.2, 0.25) is 0 Å². The second kappa shape index (κ2) is 7.37. The van der Waals surface area contributed by atoms with Gasteiger partial charge >= 0.3 is 5.63 Å². The van der Waals surface area contributed by atoms with E-state index >= 15 is 0 Å². The van der Waals surface area contributed by atoms with Gasteiger partial charge in [-0.1, -0.05) is 13.8 Å². The molecule has 2 aromatic rings. The fraction of sp³-hybridized carbons (Fsp3) is 0.600. The number of aromatic amines is 1. The van der Waals surface area contributed by atoms with E-state index in [-0.39, 0.29) is 23.8 Å². The Balaban J connectivity index is 1.65. The van der Waals surface area contributed by atoms with E-state index in [1.54, 1.807) is 37.5 Å². The minimum Gasteiger partial charge on any atom is -0.484 e. The number of H-pyrrole nitrogens is 1. The van der Waals surface area contributed by atoms with Crippen molar-refractivity contribution in [2.24, 2.45) is 22.7 Å². The van der Waals surface area contributed by atoms with E-state index in [4.69, 9.17) is 9.15 Å². The lowest BCUT2D eigenvalue weighted by molar-refractivity contribution is -0.377. The third kappa shape index (κ3) is 2.97. The van der Waals surface area contributed by atoms with Crippen molar-refractivity contribution in [1.29, 1.82) is 0 Å². The van der Waals surface area contributed by atoms with Gasteiger partial charge in [-0.2, -0.15) is 0 Å². The molecular weight excluding hydrogens is 426 g/mol. The molecule has 3 heterocycles. The third-order valence-electron chi connectivity index (χ3n) is 8.98. The monoisotopic (exact) mass is 458 g/mol. The number of fused-ring (bicyclic) bond motifs is 4. The summed E-state index contributed by atoms with van der Waals surface area (Å²) in [6.07, 6.45) is 1.84. The lowest BCUT2D eigenvalue weighted by Gasteiger charge is -2.66. The highest BCUT2D eigenvalue weighted by molar-refractivity contribution is 5.58. The predicted molar refractivity (Wildman–Crippen MR) is 117 cm³/mol. The van der Waals surface area contributed by atoms with Crippen LogP contribution < -0.4 is 15.3 Å². The molecule has 0 radical (unpaired) electrons. The van der Waals surface area contributed by atoms with Gasteiger partial charge in [0.2, 0.25) is 0 Å². The van der Waals surface area contributed by atoms with E-state index in [0.717, 1.165) is 0 Å². The Bertz CT molecular complexity index is 1120. The number of hydrogen-bond donors (Lipinski definition) is 4. The molecule has 8 heteroatoms. The molecule has 0 amide bonds.